The van der Waals surface area contributed by atoms with Gasteiger partial charge in [-0.15, -0.1) is 10.2 Å². The Balaban J connectivity index is 2.50. The van der Waals surface area contributed by atoms with Crippen LogP contribution in [0.2, 0.25) is 0 Å². The van der Waals surface area contributed by atoms with Crippen molar-refractivity contribution in [2.45, 2.75) is 6.61 Å². The standard InChI is InChI=1S/C7H12N4O3/c1-8-7-10-9-5(11(7)2)3-14-4-6(12)13/h3-4H2,1-2H3,(H,8,10)(H,12,13). The highest BCUT2D eigenvalue weighted by atomic mass is 16.5. The number of hydrogen-bond acceptors (Lipinski definition) is 5. The minimum atomic E-state index is -0.999. The molecule has 0 aliphatic heterocycles. The fourth-order valence-electron chi connectivity index (χ4n) is 0.935. The second-order valence-electron chi connectivity index (χ2n) is 2.64. The first-order valence-electron chi connectivity index (χ1n) is 4.00. The number of carboxylic acids is 1. The van der Waals surface area contributed by atoms with Gasteiger partial charge in [-0.1, -0.05) is 0 Å². The minimum absolute atomic E-state index is 0.136. The van der Waals surface area contributed by atoms with Crippen molar-refractivity contribution in [1.29, 1.82) is 0 Å². The second kappa shape index (κ2) is 4.56. The molecule has 0 saturated heterocycles. The predicted molar refractivity (Wildman–Crippen MR) is 47.8 cm³/mol. The number of carboxylic acid groups (broad SMARTS) is 1. The third-order valence-electron chi connectivity index (χ3n) is 1.65. The number of aromatic nitrogens is 3. The molecule has 0 aromatic carbocycles. The molecule has 0 saturated carbocycles. The van der Waals surface area contributed by atoms with E-state index < -0.39 is 5.97 Å². The van der Waals surface area contributed by atoms with Crippen molar-refractivity contribution in [2.24, 2.45) is 7.05 Å². The number of carbonyl (C=O) groups is 1. The van der Waals surface area contributed by atoms with Crippen molar-refractivity contribution in [3.63, 3.8) is 0 Å². The van der Waals surface area contributed by atoms with Crippen LogP contribution in [0.5, 0.6) is 0 Å². The first-order valence-corrected chi connectivity index (χ1v) is 4.00. The van der Waals surface area contributed by atoms with Gasteiger partial charge in [0, 0.05) is 14.1 Å². The molecular weight excluding hydrogens is 188 g/mol. The van der Waals surface area contributed by atoms with Gasteiger partial charge in [0.05, 0.1) is 0 Å². The molecule has 1 aromatic heterocycles. The highest BCUT2D eigenvalue weighted by Crippen LogP contribution is 2.04. The molecule has 0 bridgehead atoms. The van der Waals surface area contributed by atoms with E-state index in [2.05, 4.69) is 15.5 Å². The molecule has 78 valence electrons. The fourth-order valence-corrected chi connectivity index (χ4v) is 0.935. The maximum atomic E-state index is 10.2. The van der Waals surface area contributed by atoms with Crippen LogP contribution in [0.25, 0.3) is 0 Å². The molecule has 7 nitrogen and oxygen atoms in total. The number of nitrogens with zero attached hydrogens (tertiary/aromatic N) is 3. The molecule has 1 rings (SSSR count). The van der Waals surface area contributed by atoms with Gasteiger partial charge in [-0.2, -0.15) is 0 Å². The maximum Gasteiger partial charge on any atom is 0.329 e. The van der Waals surface area contributed by atoms with E-state index >= 15 is 0 Å². The van der Waals surface area contributed by atoms with E-state index in [0.29, 0.717) is 11.8 Å². The van der Waals surface area contributed by atoms with Gasteiger partial charge in [-0.25, -0.2) is 4.79 Å². The lowest BCUT2D eigenvalue weighted by molar-refractivity contribution is -0.142. The smallest absolute Gasteiger partial charge is 0.329 e. The molecule has 0 aliphatic rings. The van der Waals surface area contributed by atoms with Crippen LogP contribution in [0.15, 0.2) is 0 Å². The van der Waals surface area contributed by atoms with E-state index in [1.165, 1.54) is 0 Å². The Labute approximate surface area is 80.7 Å². The Morgan fingerprint density at radius 3 is 2.86 bits per heavy atom. The minimum Gasteiger partial charge on any atom is -0.480 e. The molecule has 0 spiro atoms. The Kier molecular flexibility index (Phi) is 3.41. The zero-order valence-electron chi connectivity index (χ0n) is 8.02. The van der Waals surface area contributed by atoms with Gasteiger partial charge in [0.1, 0.15) is 13.2 Å². The summed E-state index contributed by atoms with van der Waals surface area (Å²) >= 11 is 0. The average molecular weight is 200 g/mol. The molecule has 1 aromatic rings. The molecule has 0 aliphatic carbocycles. The normalized spacial score (nSPS) is 10.1. The summed E-state index contributed by atoms with van der Waals surface area (Å²) in [7, 11) is 3.50. The van der Waals surface area contributed by atoms with Crippen LogP contribution < -0.4 is 5.32 Å². The summed E-state index contributed by atoms with van der Waals surface area (Å²) in [4.78, 5) is 10.2. The van der Waals surface area contributed by atoms with Gasteiger partial charge in [-0.3, -0.25) is 4.57 Å². The number of aliphatic carboxylic acids is 1. The Morgan fingerprint density at radius 1 is 1.64 bits per heavy atom. The molecule has 14 heavy (non-hydrogen) atoms. The lowest BCUT2D eigenvalue weighted by Gasteiger charge is -2.02. The van der Waals surface area contributed by atoms with Crippen LogP contribution in [0.1, 0.15) is 5.82 Å². The molecule has 0 amide bonds. The zero-order chi connectivity index (χ0) is 10.6. The predicted octanol–water partition coefficient (Wildman–Crippen LogP) is -0.542. The zero-order valence-corrected chi connectivity index (χ0v) is 8.02. The summed E-state index contributed by atoms with van der Waals surface area (Å²) in [6.45, 7) is -0.195. The van der Waals surface area contributed by atoms with E-state index in [-0.39, 0.29) is 13.2 Å². The van der Waals surface area contributed by atoms with Crippen molar-refractivity contribution >= 4 is 11.9 Å². The van der Waals surface area contributed by atoms with Gasteiger partial charge in [-0.05, 0) is 0 Å². The quantitative estimate of drug-likeness (QED) is 0.663. The first kappa shape index (κ1) is 10.5. The molecule has 1 heterocycles. The molecule has 7 heteroatoms. The third kappa shape index (κ3) is 2.43. The Hall–Kier alpha value is -1.63. The van der Waals surface area contributed by atoms with Crippen molar-refractivity contribution in [2.75, 3.05) is 19.0 Å². The third-order valence-corrected chi connectivity index (χ3v) is 1.65. The fraction of sp³-hybridized carbons (Fsp3) is 0.571. The number of anilines is 1. The highest BCUT2D eigenvalue weighted by molar-refractivity contribution is 5.67. The topological polar surface area (TPSA) is 89.3 Å². The molecular formula is C7H12N4O3. The van der Waals surface area contributed by atoms with E-state index in [0.717, 1.165) is 0 Å². The number of hydrogen-bond donors (Lipinski definition) is 2. The second-order valence-corrected chi connectivity index (χ2v) is 2.64. The summed E-state index contributed by atoms with van der Waals surface area (Å²) in [6, 6.07) is 0. The maximum absolute atomic E-state index is 10.2. The van der Waals surface area contributed by atoms with Gasteiger partial charge in [0.2, 0.25) is 5.95 Å². The molecule has 0 fully saturated rings. The summed E-state index contributed by atoms with van der Waals surface area (Å²) in [5.41, 5.74) is 0. The van der Waals surface area contributed by atoms with Crippen molar-refractivity contribution in [1.82, 2.24) is 14.8 Å². The summed E-state index contributed by atoms with van der Waals surface area (Å²) in [5, 5.41) is 18.8. The van der Waals surface area contributed by atoms with Crippen molar-refractivity contribution in [3.8, 4) is 0 Å². The number of ether oxygens (including phenoxy) is 1. The Morgan fingerprint density at radius 2 is 2.36 bits per heavy atom. The largest absolute Gasteiger partial charge is 0.480 e. The van der Waals surface area contributed by atoms with Crippen molar-refractivity contribution < 1.29 is 14.6 Å². The summed E-state index contributed by atoms with van der Waals surface area (Å²) in [6.07, 6.45) is 0. The highest BCUT2D eigenvalue weighted by Gasteiger charge is 2.07. The van der Waals surface area contributed by atoms with Crippen LogP contribution in [-0.2, 0) is 23.2 Å². The van der Waals surface area contributed by atoms with Gasteiger partial charge in [0.25, 0.3) is 0 Å². The van der Waals surface area contributed by atoms with Crippen LogP contribution >= 0.6 is 0 Å². The van der Waals surface area contributed by atoms with Gasteiger partial charge < -0.3 is 15.2 Å². The lowest BCUT2D eigenvalue weighted by atomic mass is 10.6. The SMILES string of the molecule is CNc1nnc(COCC(=O)O)n1C. The van der Waals surface area contributed by atoms with Crippen LogP contribution in [-0.4, -0.2) is 39.5 Å². The number of rotatable bonds is 5. The molecule has 0 atom stereocenters. The average Bonchev–Trinajstić information content (AvgIpc) is 2.47. The van der Waals surface area contributed by atoms with Crippen LogP contribution in [0.4, 0.5) is 5.95 Å². The number of nitrogens with one attached hydrogen (secondary N) is 1. The molecule has 2 N–H and O–H groups in total. The molecule has 0 unspecified atom stereocenters. The summed E-state index contributed by atoms with van der Waals surface area (Å²) in [5.74, 6) is 0.190. The van der Waals surface area contributed by atoms with E-state index in [4.69, 9.17) is 9.84 Å². The van der Waals surface area contributed by atoms with Gasteiger partial charge in [0.15, 0.2) is 5.82 Å². The van der Waals surface area contributed by atoms with Crippen LogP contribution in [0.3, 0.4) is 0 Å². The molecule has 0 radical (unpaired) electrons. The van der Waals surface area contributed by atoms with E-state index in [1.807, 2.05) is 0 Å². The van der Waals surface area contributed by atoms with Crippen molar-refractivity contribution in [3.05, 3.63) is 5.82 Å². The van der Waals surface area contributed by atoms with E-state index in [1.54, 1.807) is 18.7 Å². The summed E-state index contributed by atoms with van der Waals surface area (Å²) < 4.78 is 6.57. The monoisotopic (exact) mass is 200 g/mol. The Bertz CT molecular complexity index is 323. The first-order chi connectivity index (χ1) is 6.65. The van der Waals surface area contributed by atoms with E-state index in [9.17, 15) is 4.79 Å². The lowest BCUT2D eigenvalue weighted by Crippen LogP contribution is -2.09. The van der Waals surface area contributed by atoms with Crippen LogP contribution in [0, 0.1) is 0 Å². The van der Waals surface area contributed by atoms with Gasteiger partial charge >= 0.3 is 5.97 Å².